The number of primary sulfonamides is 1. The zero-order valence-corrected chi connectivity index (χ0v) is 14.0. The number of methoxy groups -OCH3 is 1. The van der Waals surface area contributed by atoms with Gasteiger partial charge in [-0.1, -0.05) is 0 Å². The highest BCUT2D eigenvalue weighted by Gasteiger charge is 2.38. The van der Waals surface area contributed by atoms with Crippen LogP contribution in [0.2, 0.25) is 0 Å². The van der Waals surface area contributed by atoms with Gasteiger partial charge in [-0.15, -0.1) is 0 Å². The predicted molar refractivity (Wildman–Crippen MR) is 82.4 cm³/mol. The second-order valence-electron chi connectivity index (χ2n) is 5.16. The van der Waals surface area contributed by atoms with Gasteiger partial charge in [0.25, 0.3) is 0 Å². The number of nitrogens with one attached hydrogen (secondary N) is 1. The van der Waals surface area contributed by atoms with Crippen LogP contribution in [0, 0.1) is 0 Å². The Hall–Kier alpha value is -0.960. The quantitative estimate of drug-likeness (QED) is 0.820. The topological polar surface area (TPSA) is 98.5 Å². The highest BCUT2D eigenvalue weighted by molar-refractivity contribution is 9.10. The molecule has 0 saturated heterocycles. The second kappa shape index (κ2) is 6.04. The smallest absolute Gasteiger partial charge is 0.239 e. The molecule has 3 N–H and O–H groups in total. The van der Waals surface area contributed by atoms with Crippen LogP contribution in [0.3, 0.4) is 0 Å². The summed E-state index contributed by atoms with van der Waals surface area (Å²) in [6.45, 7) is 0. The number of sulfonamides is 1. The maximum atomic E-state index is 12.0. The van der Waals surface area contributed by atoms with E-state index in [2.05, 4.69) is 21.2 Å². The normalized spacial score (nSPS) is 17.1. The Balaban J connectivity index is 2.07. The summed E-state index contributed by atoms with van der Waals surface area (Å²) in [5, 5.41) is 7.81. The molecule has 1 aromatic rings. The average molecular weight is 377 g/mol. The van der Waals surface area contributed by atoms with Gasteiger partial charge >= 0.3 is 0 Å². The number of nitrogens with two attached hydrogens (primary N) is 1. The molecule has 1 amide bonds. The fourth-order valence-corrected chi connectivity index (χ4v) is 3.98. The summed E-state index contributed by atoms with van der Waals surface area (Å²) in [5.41, 5.74) is 0.159. The Bertz CT molecular complexity index is 651. The van der Waals surface area contributed by atoms with E-state index in [9.17, 15) is 13.2 Å². The molecule has 8 heteroatoms. The number of halogens is 1. The Morgan fingerprint density at radius 3 is 2.57 bits per heavy atom. The third-order valence-corrected chi connectivity index (χ3v) is 5.59. The fraction of sp³-hybridized carbons (Fsp3) is 0.462. The summed E-state index contributed by atoms with van der Waals surface area (Å²) < 4.78 is 28.3. The number of carbonyl (C=O) groups is 1. The molecule has 0 radical (unpaired) electrons. The van der Waals surface area contributed by atoms with E-state index in [1.807, 2.05) is 0 Å². The minimum absolute atomic E-state index is 0.0205. The summed E-state index contributed by atoms with van der Waals surface area (Å²) in [6.07, 6.45) is 3.11. The van der Waals surface area contributed by atoms with Crippen molar-refractivity contribution >= 4 is 37.5 Å². The van der Waals surface area contributed by atoms with Gasteiger partial charge in [-0.25, -0.2) is 13.6 Å². The molecule has 1 fully saturated rings. The third kappa shape index (κ3) is 3.82. The number of hydrogen-bond donors (Lipinski definition) is 2. The predicted octanol–water partition coefficient (Wildman–Crippen LogP) is 1.99. The first kappa shape index (κ1) is 16.4. The Morgan fingerprint density at radius 2 is 2.14 bits per heavy atom. The van der Waals surface area contributed by atoms with Crippen molar-refractivity contribution in [3.8, 4) is 0 Å². The Morgan fingerprint density at radius 1 is 1.48 bits per heavy atom. The fourth-order valence-electron chi connectivity index (χ4n) is 2.33. The van der Waals surface area contributed by atoms with Gasteiger partial charge in [0.05, 0.1) is 16.9 Å². The summed E-state index contributed by atoms with van der Waals surface area (Å²) in [7, 11) is -2.17. The van der Waals surface area contributed by atoms with Gasteiger partial charge in [0.15, 0.2) is 0 Å². The highest BCUT2D eigenvalue weighted by Crippen LogP contribution is 2.38. The van der Waals surface area contributed by atoms with Gasteiger partial charge in [-0.05, 0) is 53.4 Å². The number of hydrogen-bond acceptors (Lipinski definition) is 4. The minimum atomic E-state index is -3.79. The van der Waals surface area contributed by atoms with Crippen LogP contribution in [-0.4, -0.2) is 27.0 Å². The molecule has 1 saturated carbocycles. The molecule has 1 aliphatic rings. The van der Waals surface area contributed by atoms with E-state index in [1.165, 1.54) is 18.2 Å². The third-order valence-electron chi connectivity index (χ3n) is 3.70. The van der Waals surface area contributed by atoms with Crippen LogP contribution >= 0.6 is 15.9 Å². The van der Waals surface area contributed by atoms with E-state index in [0.717, 1.165) is 19.3 Å². The minimum Gasteiger partial charge on any atom is -0.378 e. The van der Waals surface area contributed by atoms with Crippen LogP contribution < -0.4 is 10.5 Å². The second-order valence-corrected chi connectivity index (χ2v) is 7.54. The maximum absolute atomic E-state index is 12.0. The molecular weight excluding hydrogens is 360 g/mol. The van der Waals surface area contributed by atoms with Gasteiger partial charge in [-0.3, -0.25) is 4.79 Å². The molecule has 0 bridgehead atoms. The van der Waals surface area contributed by atoms with E-state index < -0.39 is 10.0 Å². The van der Waals surface area contributed by atoms with Crippen molar-refractivity contribution in [3.63, 3.8) is 0 Å². The molecule has 0 heterocycles. The van der Waals surface area contributed by atoms with Gasteiger partial charge in [0.2, 0.25) is 15.9 Å². The summed E-state index contributed by atoms with van der Waals surface area (Å²) >= 11 is 3.14. The van der Waals surface area contributed by atoms with E-state index >= 15 is 0 Å². The lowest BCUT2D eigenvalue weighted by molar-refractivity contribution is -0.129. The molecule has 6 nitrogen and oxygen atoms in total. The number of amides is 1. The summed E-state index contributed by atoms with van der Waals surface area (Å²) in [6, 6.07) is 4.37. The van der Waals surface area contributed by atoms with Crippen LogP contribution in [0.25, 0.3) is 0 Å². The van der Waals surface area contributed by atoms with E-state index in [-0.39, 0.29) is 22.8 Å². The van der Waals surface area contributed by atoms with Crippen LogP contribution in [0.1, 0.15) is 25.7 Å². The van der Waals surface area contributed by atoms with Crippen molar-refractivity contribution in [1.29, 1.82) is 0 Å². The molecule has 0 aliphatic heterocycles. The van der Waals surface area contributed by atoms with E-state index in [4.69, 9.17) is 9.88 Å². The zero-order chi connectivity index (χ0) is 15.7. The first-order valence-electron chi connectivity index (χ1n) is 6.43. The summed E-state index contributed by atoms with van der Waals surface area (Å²) in [4.78, 5) is 12.0. The number of anilines is 1. The number of rotatable bonds is 5. The summed E-state index contributed by atoms with van der Waals surface area (Å²) in [5.74, 6) is -0.160. The van der Waals surface area contributed by atoms with Crippen molar-refractivity contribution in [2.24, 2.45) is 5.14 Å². The highest BCUT2D eigenvalue weighted by atomic mass is 79.9. The molecule has 0 atom stereocenters. The molecular formula is C13H17BrN2O4S. The largest absolute Gasteiger partial charge is 0.378 e. The van der Waals surface area contributed by atoms with Crippen molar-refractivity contribution in [3.05, 3.63) is 22.7 Å². The average Bonchev–Trinajstić information content (AvgIpc) is 2.32. The van der Waals surface area contributed by atoms with Crippen LogP contribution in [-0.2, 0) is 19.6 Å². The SMILES string of the molecule is COC1(CC(=O)Nc2ccc(S(N)(=O)=O)c(Br)c2)CCC1. The molecule has 1 aliphatic carbocycles. The van der Waals surface area contributed by atoms with Crippen molar-refractivity contribution in [2.75, 3.05) is 12.4 Å². The van der Waals surface area contributed by atoms with Gasteiger partial charge in [-0.2, -0.15) is 0 Å². The lowest BCUT2D eigenvalue weighted by atomic mass is 9.77. The van der Waals surface area contributed by atoms with Gasteiger partial charge in [0.1, 0.15) is 0 Å². The van der Waals surface area contributed by atoms with E-state index in [1.54, 1.807) is 7.11 Å². The van der Waals surface area contributed by atoms with Gasteiger partial charge in [0, 0.05) is 17.3 Å². The monoisotopic (exact) mass is 376 g/mol. The molecule has 2 rings (SSSR count). The van der Waals surface area contributed by atoms with E-state index in [0.29, 0.717) is 10.2 Å². The first-order chi connectivity index (χ1) is 9.76. The van der Waals surface area contributed by atoms with Crippen LogP contribution in [0.4, 0.5) is 5.69 Å². The number of carbonyl (C=O) groups excluding carboxylic acids is 1. The zero-order valence-electron chi connectivity index (χ0n) is 11.6. The lowest BCUT2D eigenvalue weighted by Crippen LogP contribution is -2.42. The molecule has 0 unspecified atom stereocenters. The Kier molecular flexibility index (Phi) is 4.72. The molecule has 0 spiro atoms. The molecule has 116 valence electrons. The number of ether oxygens (including phenoxy) is 1. The maximum Gasteiger partial charge on any atom is 0.239 e. The number of benzene rings is 1. The molecule has 0 aromatic heterocycles. The lowest BCUT2D eigenvalue weighted by Gasteiger charge is -2.39. The first-order valence-corrected chi connectivity index (χ1v) is 8.77. The van der Waals surface area contributed by atoms with Crippen molar-refractivity contribution < 1.29 is 17.9 Å². The van der Waals surface area contributed by atoms with Crippen LogP contribution in [0.5, 0.6) is 0 Å². The van der Waals surface area contributed by atoms with Gasteiger partial charge < -0.3 is 10.1 Å². The molecule has 1 aromatic carbocycles. The molecule has 21 heavy (non-hydrogen) atoms. The van der Waals surface area contributed by atoms with Crippen molar-refractivity contribution in [2.45, 2.75) is 36.2 Å². The standard InChI is InChI=1S/C13H17BrN2O4S/c1-20-13(5-2-6-13)8-12(17)16-9-3-4-11(10(14)7-9)21(15,18)19/h3-4,7H,2,5-6,8H2,1H3,(H,16,17)(H2,15,18,19). The van der Waals surface area contributed by atoms with Crippen molar-refractivity contribution in [1.82, 2.24) is 0 Å². The Labute approximate surface area is 132 Å². The van der Waals surface area contributed by atoms with Crippen LogP contribution in [0.15, 0.2) is 27.6 Å².